The lowest BCUT2D eigenvalue weighted by atomic mass is 10.2. The number of furan rings is 1. The van der Waals surface area contributed by atoms with Gasteiger partial charge in [-0.05, 0) is 48.5 Å². The number of hydrogen-bond donors (Lipinski definition) is 1. The van der Waals surface area contributed by atoms with E-state index in [0.717, 1.165) is 26.9 Å². The van der Waals surface area contributed by atoms with Crippen LogP contribution in [0.2, 0.25) is 0 Å². The number of benzene rings is 2. The first kappa shape index (κ1) is 14.0. The number of hydrogen-bond acceptors (Lipinski definition) is 4. The number of rotatable bonds is 3. The first-order valence-electron chi connectivity index (χ1n) is 7.13. The number of fused-ring (bicyclic) bond motifs is 1. The zero-order valence-corrected chi connectivity index (χ0v) is 13.6. The summed E-state index contributed by atoms with van der Waals surface area (Å²) in [5.74, 6) is 1.97. The van der Waals surface area contributed by atoms with Crippen LogP contribution in [0.4, 0.5) is 11.5 Å². The Balaban J connectivity index is 1.84. The zero-order valence-electron chi connectivity index (χ0n) is 12.0. The van der Waals surface area contributed by atoms with Crippen molar-refractivity contribution < 1.29 is 4.42 Å². The minimum absolute atomic E-state index is 0.563. The van der Waals surface area contributed by atoms with Crippen molar-refractivity contribution in [2.24, 2.45) is 0 Å². The third-order valence-corrected chi connectivity index (χ3v) is 3.98. The fraction of sp³-hybridized carbons (Fsp3) is 0. The van der Waals surface area contributed by atoms with Gasteiger partial charge in [0.05, 0.1) is 11.8 Å². The summed E-state index contributed by atoms with van der Waals surface area (Å²) in [6.07, 6.45) is 1.62. The van der Waals surface area contributed by atoms with Gasteiger partial charge in [-0.1, -0.05) is 28.1 Å². The van der Waals surface area contributed by atoms with Crippen molar-refractivity contribution in [1.29, 1.82) is 0 Å². The summed E-state index contributed by atoms with van der Waals surface area (Å²) in [4.78, 5) is 9.22. The van der Waals surface area contributed by atoms with E-state index in [1.807, 2.05) is 60.7 Å². The smallest absolute Gasteiger partial charge is 0.198 e. The van der Waals surface area contributed by atoms with E-state index in [2.05, 4.69) is 31.2 Å². The molecule has 0 amide bonds. The maximum Gasteiger partial charge on any atom is 0.198 e. The van der Waals surface area contributed by atoms with Crippen LogP contribution in [0.1, 0.15) is 0 Å². The van der Waals surface area contributed by atoms with Gasteiger partial charge >= 0.3 is 0 Å². The third-order valence-electron chi connectivity index (χ3n) is 3.45. The third kappa shape index (κ3) is 2.83. The highest BCUT2D eigenvalue weighted by Gasteiger charge is 2.11. The average Bonchev–Trinajstić information content (AvgIpc) is 3.11. The van der Waals surface area contributed by atoms with Crippen molar-refractivity contribution in [3.63, 3.8) is 0 Å². The Morgan fingerprint density at radius 1 is 0.870 bits per heavy atom. The molecule has 2 aromatic heterocycles. The SMILES string of the molecule is Brc1ccc(Nc2nc(-c3ccco3)nc3ccccc23)cc1. The molecule has 112 valence electrons. The maximum atomic E-state index is 5.43. The van der Waals surface area contributed by atoms with Crippen LogP contribution in [0, 0.1) is 0 Å². The molecule has 4 rings (SSSR count). The summed E-state index contributed by atoms with van der Waals surface area (Å²) in [6.45, 7) is 0. The molecule has 4 nitrogen and oxygen atoms in total. The molecular weight excluding hydrogens is 354 g/mol. The molecule has 5 heteroatoms. The summed E-state index contributed by atoms with van der Waals surface area (Å²) < 4.78 is 6.46. The Kier molecular flexibility index (Phi) is 3.55. The molecule has 0 unspecified atom stereocenters. The normalized spacial score (nSPS) is 10.8. The number of para-hydroxylation sites is 1. The number of anilines is 2. The van der Waals surface area contributed by atoms with Crippen LogP contribution >= 0.6 is 15.9 Å². The van der Waals surface area contributed by atoms with Gasteiger partial charge in [-0.3, -0.25) is 0 Å². The van der Waals surface area contributed by atoms with E-state index >= 15 is 0 Å². The Morgan fingerprint density at radius 2 is 1.70 bits per heavy atom. The maximum absolute atomic E-state index is 5.43. The number of halogens is 1. The van der Waals surface area contributed by atoms with Crippen LogP contribution in [-0.4, -0.2) is 9.97 Å². The van der Waals surface area contributed by atoms with Crippen LogP contribution in [0.5, 0.6) is 0 Å². The summed E-state index contributed by atoms with van der Waals surface area (Å²) in [6, 6.07) is 19.6. The lowest BCUT2D eigenvalue weighted by molar-refractivity contribution is 0.577. The van der Waals surface area contributed by atoms with Gasteiger partial charge in [-0.2, -0.15) is 0 Å². The minimum Gasteiger partial charge on any atom is -0.461 e. The van der Waals surface area contributed by atoms with Gasteiger partial charge in [0, 0.05) is 15.5 Å². The summed E-state index contributed by atoms with van der Waals surface area (Å²) in [7, 11) is 0. The van der Waals surface area contributed by atoms with Crippen LogP contribution in [0.3, 0.4) is 0 Å². The standard InChI is InChI=1S/C18H12BrN3O/c19-12-7-9-13(10-8-12)20-17-14-4-1-2-5-15(14)21-18(22-17)16-6-3-11-23-16/h1-11H,(H,20,21,22). The van der Waals surface area contributed by atoms with E-state index in [9.17, 15) is 0 Å². The Morgan fingerprint density at radius 3 is 2.48 bits per heavy atom. The first-order valence-corrected chi connectivity index (χ1v) is 7.92. The second-order valence-corrected chi connectivity index (χ2v) is 5.94. The highest BCUT2D eigenvalue weighted by Crippen LogP contribution is 2.27. The van der Waals surface area contributed by atoms with Crippen molar-refractivity contribution in [2.45, 2.75) is 0 Å². The van der Waals surface area contributed by atoms with Crippen LogP contribution in [0.15, 0.2) is 75.8 Å². The molecule has 0 atom stereocenters. The van der Waals surface area contributed by atoms with E-state index in [1.165, 1.54) is 0 Å². The second kappa shape index (κ2) is 5.85. The quantitative estimate of drug-likeness (QED) is 0.528. The lowest BCUT2D eigenvalue weighted by Crippen LogP contribution is -1.98. The minimum atomic E-state index is 0.563. The van der Waals surface area contributed by atoms with Crippen molar-refractivity contribution in [2.75, 3.05) is 5.32 Å². The Bertz CT molecular complexity index is 950. The molecule has 0 saturated heterocycles. The molecule has 0 fully saturated rings. The zero-order chi connectivity index (χ0) is 15.6. The molecule has 0 aliphatic rings. The van der Waals surface area contributed by atoms with Gasteiger partial charge in [0.25, 0.3) is 0 Å². The van der Waals surface area contributed by atoms with Crippen molar-refractivity contribution in [1.82, 2.24) is 9.97 Å². The molecule has 2 aromatic carbocycles. The molecule has 0 aliphatic carbocycles. The Hall–Kier alpha value is -2.66. The first-order chi connectivity index (χ1) is 11.3. The van der Waals surface area contributed by atoms with Gasteiger partial charge in [0.1, 0.15) is 5.82 Å². The number of nitrogens with zero attached hydrogens (tertiary/aromatic N) is 2. The monoisotopic (exact) mass is 365 g/mol. The second-order valence-electron chi connectivity index (χ2n) is 5.02. The molecular formula is C18H12BrN3O. The van der Waals surface area contributed by atoms with Crippen molar-refractivity contribution in [3.05, 3.63) is 71.4 Å². The van der Waals surface area contributed by atoms with Crippen molar-refractivity contribution >= 4 is 38.3 Å². The van der Waals surface area contributed by atoms with Gasteiger partial charge < -0.3 is 9.73 Å². The molecule has 2 heterocycles. The molecule has 0 aliphatic heterocycles. The summed E-state index contributed by atoms with van der Waals surface area (Å²) in [5.41, 5.74) is 1.83. The average molecular weight is 366 g/mol. The van der Waals surface area contributed by atoms with Crippen LogP contribution < -0.4 is 5.32 Å². The number of nitrogens with one attached hydrogen (secondary N) is 1. The highest BCUT2D eigenvalue weighted by molar-refractivity contribution is 9.10. The predicted octanol–water partition coefficient (Wildman–Crippen LogP) is 5.40. The number of aromatic nitrogens is 2. The molecule has 4 aromatic rings. The van der Waals surface area contributed by atoms with Crippen molar-refractivity contribution in [3.8, 4) is 11.6 Å². The van der Waals surface area contributed by atoms with Gasteiger partial charge in [0.2, 0.25) is 0 Å². The van der Waals surface area contributed by atoms with Gasteiger partial charge in [-0.15, -0.1) is 0 Å². The van der Waals surface area contributed by atoms with Gasteiger partial charge in [0.15, 0.2) is 11.6 Å². The molecule has 23 heavy (non-hydrogen) atoms. The lowest BCUT2D eigenvalue weighted by Gasteiger charge is -2.10. The fourth-order valence-electron chi connectivity index (χ4n) is 2.36. The van der Waals surface area contributed by atoms with Crippen LogP contribution in [-0.2, 0) is 0 Å². The molecule has 1 N–H and O–H groups in total. The predicted molar refractivity (Wildman–Crippen MR) is 94.7 cm³/mol. The van der Waals surface area contributed by atoms with E-state index in [1.54, 1.807) is 6.26 Å². The largest absolute Gasteiger partial charge is 0.461 e. The molecule has 0 radical (unpaired) electrons. The highest BCUT2D eigenvalue weighted by atomic mass is 79.9. The molecule has 0 spiro atoms. The van der Waals surface area contributed by atoms with E-state index < -0.39 is 0 Å². The van der Waals surface area contributed by atoms with E-state index in [0.29, 0.717) is 11.6 Å². The fourth-order valence-corrected chi connectivity index (χ4v) is 2.62. The molecule has 0 saturated carbocycles. The molecule has 0 bridgehead atoms. The van der Waals surface area contributed by atoms with Crippen LogP contribution in [0.25, 0.3) is 22.5 Å². The van der Waals surface area contributed by atoms with E-state index in [4.69, 9.17) is 4.42 Å². The van der Waals surface area contributed by atoms with Gasteiger partial charge in [-0.25, -0.2) is 9.97 Å². The van der Waals surface area contributed by atoms with E-state index in [-0.39, 0.29) is 0 Å². The summed E-state index contributed by atoms with van der Waals surface area (Å²) >= 11 is 3.44. The summed E-state index contributed by atoms with van der Waals surface area (Å²) in [5, 5.41) is 4.33. The Labute approximate surface area is 141 Å². The topological polar surface area (TPSA) is 51.0 Å².